The van der Waals surface area contributed by atoms with E-state index in [9.17, 15) is 0 Å². The van der Waals surface area contributed by atoms with Crippen molar-refractivity contribution in [2.45, 2.75) is 31.8 Å². The largest absolute Gasteiger partial charge is 0.493 e. The number of hydrogen-bond donors (Lipinski definition) is 1. The molecule has 0 aromatic heterocycles. The van der Waals surface area contributed by atoms with Crippen LogP contribution in [0.25, 0.3) is 0 Å². The van der Waals surface area contributed by atoms with E-state index in [0.717, 1.165) is 36.5 Å². The van der Waals surface area contributed by atoms with Crippen molar-refractivity contribution in [2.24, 2.45) is 5.92 Å². The van der Waals surface area contributed by atoms with Gasteiger partial charge in [-0.25, -0.2) is 0 Å². The van der Waals surface area contributed by atoms with Crippen LogP contribution < -0.4 is 14.8 Å². The molecule has 3 rings (SSSR count). The molecule has 2 fully saturated rings. The summed E-state index contributed by atoms with van der Waals surface area (Å²) in [5.74, 6) is 2.40. The van der Waals surface area contributed by atoms with Crippen molar-refractivity contribution < 1.29 is 9.47 Å². The number of methoxy groups -OCH3 is 2. The standard InChI is InChI=1S/C17H26N2O2/c1-20-16-6-3-13(9-17(16)21-2)10-18-11-14-7-8-19(12-14)15-4-5-15/h3,6,9,14-15,18H,4-5,7-8,10-12H2,1-2H3. The van der Waals surface area contributed by atoms with Crippen molar-refractivity contribution in [3.8, 4) is 11.5 Å². The summed E-state index contributed by atoms with van der Waals surface area (Å²) in [6.07, 6.45) is 4.19. The predicted molar refractivity (Wildman–Crippen MR) is 84.0 cm³/mol. The minimum Gasteiger partial charge on any atom is -0.493 e. The molecular weight excluding hydrogens is 264 g/mol. The SMILES string of the molecule is COc1ccc(CNCC2CCN(C3CC3)C2)cc1OC. The Bertz CT molecular complexity index is 474. The van der Waals surface area contributed by atoms with Crippen LogP contribution in [0.2, 0.25) is 0 Å². The second-order valence-corrected chi connectivity index (χ2v) is 6.20. The van der Waals surface area contributed by atoms with Crippen molar-refractivity contribution in [3.63, 3.8) is 0 Å². The molecule has 1 atom stereocenters. The maximum Gasteiger partial charge on any atom is 0.161 e. The number of likely N-dealkylation sites (tertiary alicyclic amines) is 1. The Hall–Kier alpha value is -1.26. The van der Waals surface area contributed by atoms with Gasteiger partial charge in [0.15, 0.2) is 11.5 Å². The minimum absolute atomic E-state index is 0.789. The highest BCUT2D eigenvalue weighted by Crippen LogP contribution is 2.31. The van der Waals surface area contributed by atoms with E-state index >= 15 is 0 Å². The summed E-state index contributed by atoms with van der Waals surface area (Å²) in [5, 5.41) is 3.59. The van der Waals surface area contributed by atoms with E-state index in [1.165, 1.54) is 37.9 Å². The Morgan fingerprint density at radius 3 is 2.67 bits per heavy atom. The van der Waals surface area contributed by atoms with Crippen molar-refractivity contribution in [1.29, 1.82) is 0 Å². The van der Waals surface area contributed by atoms with E-state index < -0.39 is 0 Å². The summed E-state index contributed by atoms with van der Waals surface area (Å²) < 4.78 is 10.6. The summed E-state index contributed by atoms with van der Waals surface area (Å²) in [6.45, 7) is 4.58. The first-order valence-electron chi connectivity index (χ1n) is 7.96. The predicted octanol–water partition coefficient (Wildman–Crippen LogP) is 2.28. The molecule has 1 aromatic rings. The van der Waals surface area contributed by atoms with Gasteiger partial charge in [-0.2, -0.15) is 0 Å². The molecule has 1 unspecified atom stereocenters. The van der Waals surface area contributed by atoms with Crippen LogP contribution in [0, 0.1) is 5.92 Å². The van der Waals surface area contributed by atoms with Gasteiger partial charge >= 0.3 is 0 Å². The monoisotopic (exact) mass is 290 g/mol. The van der Waals surface area contributed by atoms with Crippen LogP contribution in [0.4, 0.5) is 0 Å². The van der Waals surface area contributed by atoms with Gasteiger partial charge in [-0.15, -0.1) is 0 Å². The molecule has 21 heavy (non-hydrogen) atoms. The number of nitrogens with one attached hydrogen (secondary N) is 1. The third kappa shape index (κ3) is 3.69. The van der Waals surface area contributed by atoms with E-state index in [1.54, 1.807) is 14.2 Å². The maximum absolute atomic E-state index is 5.34. The number of benzene rings is 1. The summed E-state index contributed by atoms with van der Waals surface area (Å²) in [5.41, 5.74) is 1.24. The first-order chi connectivity index (χ1) is 10.3. The average Bonchev–Trinajstić information content (AvgIpc) is 3.27. The molecule has 0 bridgehead atoms. The van der Waals surface area contributed by atoms with E-state index in [0.29, 0.717) is 0 Å². The van der Waals surface area contributed by atoms with Gasteiger partial charge in [0.05, 0.1) is 14.2 Å². The van der Waals surface area contributed by atoms with Crippen molar-refractivity contribution in [2.75, 3.05) is 33.9 Å². The van der Waals surface area contributed by atoms with Crippen LogP contribution in [0.1, 0.15) is 24.8 Å². The number of ether oxygens (including phenoxy) is 2. The van der Waals surface area contributed by atoms with Crippen molar-refractivity contribution in [1.82, 2.24) is 10.2 Å². The lowest BCUT2D eigenvalue weighted by Gasteiger charge is -2.15. The summed E-state index contributed by atoms with van der Waals surface area (Å²) in [4.78, 5) is 2.67. The summed E-state index contributed by atoms with van der Waals surface area (Å²) >= 11 is 0. The zero-order valence-corrected chi connectivity index (χ0v) is 13.1. The fourth-order valence-corrected chi connectivity index (χ4v) is 3.21. The van der Waals surface area contributed by atoms with E-state index in [4.69, 9.17) is 9.47 Å². The molecule has 4 nitrogen and oxygen atoms in total. The molecule has 1 saturated heterocycles. The lowest BCUT2D eigenvalue weighted by atomic mass is 10.1. The molecule has 1 N–H and O–H groups in total. The quantitative estimate of drug-likeness (QED) is 0.835. The number of nitrogens with zero attached hydrogens (tertiary/aromatic N) is 1. The lowest BCUT2D eigenvalue weighted by molar-refractivity contribution is 0.312. The Kier molecular flexibility index (Phi) is 4.66. The Labute approximate surface area is 127 Å². The van der Waals surface area contributed by atoms with E-state index in [-0.39, 0.29) is 0 Å². The van der Waals surface area contributed by atoms with Crippen LogP contribution in [-0.4, -0.2) is 44.8 Å². The van der Waals surface area contributed by atoms with Gasteiger partial charge in [-0.1, -0.05) is 6.07 Å². The van der Waals surface area contributed by atoms with Crippen molar-refractivity contribution in [3.05, 3.63) is 23.8 Å². The molecule has 1 aliphatic carbocycles. The topological polar surface area (TPSA) is 33.7 Å². The first kappa shape index (κ1) is 14.7. The molecule has 1 aromatic carbocycles. The number of rotatable bonds is 7. The zero-order valence-electron chi connectivity index (χ0n) is 13.1. The highest BCUT2D eigenvalue weighted by Gasteiger charge is 2.33. The van der Waals surface area contributed by atoms with Crippen LogP contribution in [0.5, 0.6) is 11.5 Å². The van der Waals surface area contributed by atoms with Crippen molar-refractivity contribution >= 4 is 0 Å². The van der Waals surface area contributed by atoms with Gasteiger partial charge in [0.25, 0.3) is 0 Å². The lowest BCUT2D eigenvalue weighted by Crippen LogP contribution is -2.27. The molecule has 1 aliphatic heterocycles. The molecule has 0 radical (unpaired) electrons. The van der Waals surface area contributed by atoms with Gasteiger partial charge in [-0.3, -0.25) is 0 Å². The smallest absolute Gasteiger partial charge is 0.161 e. The molecular formula is C17H26N2O2. The van der Waals surface area contributed by atoms with Gasteiger partial charge < -0.3 is 19.7 Å². The van der Waals surface area contributed by atoms with Crippen LogP contribution in [0.15, 0.2) is 18.2 Å². The minimum atomic E-state index is 0.789. The summed E-state index contributed by atoms with van der Waals surface area (Å²) in [7, 11) is 3.35. The van der Waals surface area contributed by atoms with E-state index in [1.807, 2.05) is 6.07 Å². The molecule has 0 spiro atoms. The Morgan fingerprint density at radius 2 is 1.95 bits per heavy atom. The maximum atomic E-state index is 5.34. The van der Waals surface area contributed by atoms with Crippen LogP contribution >= 0.6 is 0 Å². The van der Waals surface area contributed by atoms with Crippen LogP contribution in [-0.2, 0) is 6.54 Å². The van der Waals surface area contributed by atoms with Gasteiger partial charge in [0, 0.05) is 19.1 Å². The second-order valence-electron chi connectivity index (χ2n) is 6.20. The highest BCUT2D eigenvalue weighted by molar-refractivity contribution is 5.42. The normalized spacial score (nSPS) is 22.5. The highest BCUT2D eigenvalue weighted by atomic mass is 16.5. The fraction of sp³-hybridized carbons (Fsp3) is 0.647. The molecule has 4 heteroatoms. The Morgan fingerprint density at radius 1 is 1.14 bits per heavy atom. The molecule has 116 valence electrons. The van der Waals surface area contributed by atoms with Gasteiger partial charge in [0.1, 0.15) is 0 Å². The fourth-order valence-electron chi connectivity index (χ4n) is 3.21. The molecule has 2 aliphatic rings. The number of hydrogen-bond acceptors (Lipinski definition) is 4. The second kappa shape index (κ2) is 6.67. The van der Waals surface area contributed by atoms with E-state index in [2.05, 4.69) is 22.3 Å². The summed E-state index contributed by atoms with van der Waals surface area (Å²) in [6, 6.07) is 7.04. The molecule has 1 heterocycles. The Balaban J connectivity index is 1.44. The third-order valence-electron chi connectivity index (χ3n) is 4.59. The first-order valence-corrected chi connectivity index (χ1v) is 7.96. The van der Waals surface area contributed by atoms with Gasteiger partial charge in [-0.05, 0) is 56.0 Å². The molecule has 1 saturated carbocycles. The average molecular weight is 290 g/mol. The van der Waals surface area contributed by atoms with Gasteiger partial charge in [0.2, 0.25) is 0 Å². The molecule has 0 amide bonds. The zero-order chi connectivity index (χ0) is 14.7. The van der Waals surface area contributed by atoms with Crippen LogP contribution in [0.3, 0.4) is 0 Å². The third-order valence-corrected chi connectivity index (χ3v) is 4.59.